The molecule has 2 aromatic rings. The minimum atomic E-state index is -4.87. The van der Waals surface area contributed by atoms with Gasteiger partial charge in [0.1, 0.15) is 0 Å². The fourth-order valence-electron chi connectivity index (χ4n) is 3.27. The molecule has 1 aliphatic rings. The van der Waals surface area contributed by atoms with Crippen molar-refractivity contribution in [1.82, 2.24) is 9.55 Å². The number of aromatic nitrogens is 2. The molecule has 2 aromatic heterocycles. The summed E-state index contributed by atoms with van der Waals surface area (Å²) in [5.74, 6) is -1.87. The molecule has 0 saturated heterocycles. The first-order valence-electron chi connectivity index (χ1n) is 7.37. The van der Waals surface area contributed by atoms with Gasteiger partial charge >= 0.3 is 6.18 Å². The Hall–Kier alpha value is -2.22. The normalized spacial score (nSPS) is 17.7. The molecule has 0 spiro atoms. The molecule has 128 valence electrons. The van der Waals surface area contributed by atoms with Crippen LogP contribution in [0.25, 0.3) is 11.3 Å². The van der Waals surface area contributed by atoms with Gasteiger partial charge in [0, 0.05) is 12.7 Å². The molecule has 0 bridgehead atoms. The number of halogens is 4. The Morgan fingerprint density at radius 2 is 2.12 bits per heavy atom. The maximum absolute atomic E-state index is 14.1. The van der Waals surface area contributed by atoms with Gasteiger partial charge in [0.25, 0.3) is 0 Å². The number of Topliss-reactive ketones (excluding diaryl/α,β-unsaturated/α-hetero) is 1. The number of nitrogens with zero attached hydrogens (tertiary/aromatic N) is 2. The Bertz CT molecular complexity index is 811. The minimum Gasteiger partial charge on any atom is -0.387 e. The Morgan fingerprint density at radius 3 is 2.71 bits per heavy atom. The molecule has 0 amide bonds. The van der Waals surface area contributed by atoms with E-state index in [9.17, 15) is 27.5 Å². The van der Waals surface area contributed by atoms with E-state index >= 15 is 0 Å². The summed E-state index contributed by atoms with van der Waals surface area (Å²) in [7, 11) is 0. The quantitative estimate of drug-likeness (QED) is 0.514. The number of carbonyl (C=O) groups excluding carboxylic acids is 1. The highest BCUT2D eigenvalue weighted by molar-refractivity contribution is 5.99. The van der Waals surface area contributed by atoms with Crippen LogP contribution in [0.15, 0.2) is 18.3 Å². The number of aliphatic hydroxyl groups excluding tert-OH is 1. The van der Waals surface area contributed by atoms with E-state index in [4.69, 9.17) is 0 Å². The first-order valence-corrected chi connectivity index (χ1v) is 7.37. The molecule has 0 aromatic carbocycles. The zero-order chi connectivity index (χ0) is 17.6. The van der Waals surface area contributed by atoms with Crippen LogP contribution >= 0.6 is 0 Å². The van der Waals surface area contributed by atoms with Gasteiger partial charge in [0.15, 0.2) is 5.78 Å². The van der Waals surface area contributed by atoms with Gasteiger partial charge in [-0.3, -0.25) is 4.79 Å². The molecule has 1 atom stereocenters. The highest BCUT2D eigenvalue weighted by atomic mass is 19.4. The van der Waals surface area contributed by atoms with Gasteiger partial charge in [-0.15, -0.1) is 0 Å². The van der Waals surface area contributed by atoms with E-state index < -0.39 is 40.8 Å². The molecule has 8 heteroatoms. The number of aliphatic hydroxyl groups is 1. The molecular weight excluding hydrogens is 328 g/mol. The van der Waals surface area contributed by atoms with Gasteiger partial charge in [-0.05, 0) is 31.9 Å². The van der Waals surface area contributed by atoms with Crippen molar-refractivity contribution in [2.45, 2.75) is 38.6 Å². The molecule has 0 aliphatic carbocycles. The van der Waals surface area contributed by atoms with E-state index in [2.05, 4.69) is 4.98 Å². The van der Waals surface area contributed by atoms with E-state index in [1.54, 1.807) is 0 Å². The predicted octanol–water partition coefficient (Wildman–Crippen LogP) is 3.74. The summed E-state index contributed by atoms with van der Waals surface area (Å²) >= 11 is 0. The summed E-state index contributed by atoms with van der Waals surface area (Å²) in [6, 6.07) is 2.51. The highest BCUT2D eigenvalue weighted by Gasteiger charge is 2.44. The molecule has 3 rings (SSSR count). The number of alkyl halides is 3. The molecule has 3 heterocycles. The lowest BCUT2D eigenvalue weighted by Crippen LogP contribution is -2.18. The number of rotatable bonds is 2. The monoisotopic (exact) mass is 342 g/mol. The zero-order valence-corrected chi connectivity index (χ0v) is 12.7. The molecule has 0 saturated carbocycles. The lowest BCUT2D eigenvalue weighted by molar-refractivity contribution is -0.137. The summed E-state index contributed by atoms with van der Waals surface area (Å²) in [6.07, 6.45) is -4.27. The van der Waals surface area contributed by atoms with Crippen molar-refractivity contribution < 1.29 is 27.5 Å². The number of fused-ring (bicyclic) bond motifs is 1. The van der Waals surface area contributed by atoms with Crippen LogP contribution in [-0.2, 0) is 12.7 Å². The van der Waals surface area contributed by atoms with E-state index in [0.717, 1.165) is 13.1 Å². The van der Waals surface area contributed by atoms with Gasteiger partial charge in [-0.1, -0.05) is 0 Å². The van der Waals surface area contributed by atoms with Crippen molar-refractivity contribution in [2.24, 2.45) is 0 Å². The predicted molar refractivity (Wildman–Crippen MR) is 76.8 cm³/mol. The van der Waals surface area contributed by atoms with Crippen molar-refractivity contribution in [3.63, 3.8) is 0 Å². The molecule has 24 heavy (non-hydrogen) atoms. The lowest BCUT2D eigenvalue weighted by Gasteiger charge is -2.23. The first kappa shape index (κ1) is 16.6. The van der Waals surface area contributed by atoms with Crippen molar-refractivity contribution in [3.8, 4) is 11.3 Å². The Labute approximate surface area is 134 Å². The third-order valence-electron chi connectivity index (χ3n) is 4.13. The number of pyridine rings is 1. The second kappa shape index (κ2) is 5.70. The zero-order valence-electron chi connectivity index (χ0n) is 12.7. The molecule has 0 radical (unpaired) electrons. The van der Waals surface area contributed by atoms with E-state index in [0.29, 0.717) is 6.42 Å². The average Bonchev–Trinajstić information content (AvgIpc) is 2.84. The summed E-state index contributed by atoms with van der Waals surface area (Å²) in [5, 5.41) is 10.2. The second-order valence-corrected chi connectivity index (χ2v) is 5.69. The van der Waals surface area contributed by atoms with Gasteiger partial charge in [-0.25, -0.2) is 4.98 Å². The molecule has 1 unspecified atom stereocenters. The fraction of sp³-hybridized carbons (Fsp3) is 0.375. The molecule has 0 fully saturated rings. The summed E-state index contributed by atoms with van der Waals surface area (Å²) < 4.78 is 56.4. The Balaban J connectivity index is 2.46. The van der Waals surface area contributed by atoms with Crippen LogP contribution in [0.5, 0.6) is 0 Å². The van der Waals surface area contributed by atoms with Crippen LogP contribution in [0.4, 0.5) is 17.6 Å². The largest absolute Gasteiger partial charge is 0.419 e. The van der Waals surface area contributed by atoms with Crippen molar-refractivity contribution >= 4 is 5.78 Å². The number of carbonyl (C=O) groups is 1. The van der Waals surface area contributed by atoms with Gasteiger partial charge in [0.05, 0.1) is 34.2 Å². The Morgan fingerprint density at radius 1 is 1.42 bits per heavy atom. The number of ketones is 1. The molecule has 1 N–H and O–H groups in total. The second-order valence-electron chi connectivity index (χ2n) is 5.69. The van der Waals surface area contributed by atoms with Crippen LogP contribution < -0.4 is 0 Å². The van der Waals surface area contributed by atoms with E-state index in [-0.39, 0.29) is 24.2 Å². The highest BCUT2D eigenvalue weighted by Crippen LogP contribution is 2.46. The maximum Gasteiger partial charge on any atom is 0.419 e. The van der Waals surface area contributed by atoms with E-state index in [1.165, 1.54) is 16.7 Å². The maximum atomic E-state index is 14.1. The van der Waals surface area contributed by atoms with Crippen molar-refractivity contribution in [3.05, 3.63) is 41.1 Å². The van der Waals surface area contributed by atoms with Crippen LogP contribution in [-0.4, -0.2) is 20.4 Å². The van der Waals surface area contributed by atoms with Crippen molar-refractivity contribution in [1.29, 1.82) is 0 Å². The molecular formula is C16H14F4N2O2. The third-order valence-corrected chi connectivity index (χ3v) is 4.13. The van der Waals surface area contributed by atoms with Crippen LogP contribution in [0.1, 0.15) is 47.5 Å². The van der Waals surface area contributed by atoms with Gasteiger partial charge in [-0.2, -0.15) is 17.6 Å². The first-order chi connectivity index (χ1) is 11.2. The van der Waals surface area contributed by atoms with Crippen LogP contribution in [0.3, 0.4) is 0 Å². The van der Waals surface area contributed by atoms with Crippen LogP contribution in [0, 0.1) is 5.95 Å². The van der Waals surface area contributed by atoms with E-state index in [1.807, 2.05) is 0 Å². The van der Waals surface area contributed by atoms with Gasteiger partial charge < -0.3 is 9.67 Å². The lowest BCUT2D eigenvalue weighted by atomic mass is 9.98. The fourth-order valence-corrected chi connectivity index (χ4v) is 3.27. The number of hydrogen-bond donors (Lipinski definition) is 1. The number of hydrogen-bond acceptors (Lipinski definition) is 3. The minimum absolute atomic E-state index is 0.0978. The van der Waals surface area contributed by atoms with Crippen LogP contribution in [0.2, 0.25) is 0 Å². The topological polar surface area (TPSA) is 55.1 Å². The summed E-state index contributed by atoms with van der Waals surface area (Å²) in [4.78, 5) is 15.3. The van der Waals surface area contributed by atoms with Gasteiger partial charge in [0.2, 0.25) is 5.95 Å². The Kier molecular flexibility index (Phi) is 3.95. The average molecular weight is 342 g/mol. The summed E-state index contributed by atoms with van der Waals surface area (Å²) in [6.45, 7) is 1.17. The smallest absolute Gasteiger partial charge is 0.387 e. The SMILES string of the molecule is CC(=O)c1c(C(F)(F)F)c(-c2cccnc2F)n2c1C(O)CCC2. The third kappa shape index (κ3) is 2.50. The standard InChI is InChI=1S/C16H14F4N2O2/c1-8(23)11-12(16(18,19)20)13(9-4-2-6-21-15(9)17)22-7-3-5-10(24)14(11)22/h2,4,6,10,24H,3,5,7H2,1H3. The molecule has 4 nitrogen and oxygen atoms in total. The van der Waals surface area contributed by atoms with Crippen molar-refractivity contribution in [2.75, 3.05) is 0 Å². The summed E-state index contributed by atoms with van der Waals surface area (Å²) in [5.41, 5.74) is -2.69. The molecule has 1 aliphatic heterocycles.